The van der Waals surface area contributed by atoms with E-state index in [4.69, 9.17) is 0 Å². The van der Waals surface area contributed by atoms with Crippen molar-refractivity contribution in [2.45, 2.75) is 32.6 Å². The first-order valence-corrected chi connectivity index (χ1v) is 5.82. The van der Waals surface area contributed by atoms with Gasteiger partial charge in [-0.2, -0.15) is 5.26 Å². The average molecular weight is 229 g/mol. The molecule has 1 saturated carbocycles. The quantitative estimate of drug-likeness (QED) is 0.846. The summed E-state index contributed by atoms with van der Waals surface area (Å²) in [6.07, 6.45) is 4.84. The molecule has 88 valence electrons. The van der Waals surface area contributed by atoms with Crippen molar-refractivity contribution < 1.29 is 4.79 Å². The number of hydrogen-bond acceptors (Lipinski definition) is 3. The fourth-order valence-corrected chi connectivity index (χ4v) is 2.21. The van der Waals surface area contributed by atoms with Gasteiger partial charge in [-0.25, -0.2) is 4.98 Å². The highest BCUT2D eigenvalue weighted by Gasteiger charge is 2.41. The van der Waals surface area contributed by atoms with Crippen molar-refractivity contribution in [3.8, 4) is 6.07 Å². The second-order valence-corrected chi connectivity index (χ2v) is 4.52. The van der Waals surface area contributed by atoms with Crippen molar-refractivity contribution in [1.29, 1.82) is 5.26 Å². The number of nitrogens with zero attached hydrogens (tertiary/aromatic N) is 2. The molecule has 0 unspecified atom stereocenters. The summed E-state index contributed by atoms with van der Waals surface area (Å²) in [6.45, 7) is 1.89. The highest BCUT2D eigenvalue weighted by molar-refractivity contribution is 5.97. The van der Waals surface area contributed by atoms with Gasteiger partial charge >= 0.3 is 0 Å². The largest absolute Gasteiger partial charge is 0.309 e. The molecule has 0 aliphatic heterocycles. The lowest BCUT2D eigenvalue weighted by Crippen LogP contribution is -2.32. The van der Waals surface area contributed by atoms with Crippen LogP contribution in [0.2, 0.25) is 0 Å². The van der Waals surface area contributed by atoms with E-state index < -0.39 is 5.41 Å². The fraction of sp³-hybridized carbons (Fsp3) is 0.462. The summed E-state index contributed by atoms with van der Waals surface area (Å²) >= 11 is 0. The first-order valence-electron chi connectivity index (χ1n) is 5.82. The molecular formula is C13H15N3O. The molecule has 1 fully saturated rings. The van der Waals surface area contributed by atoms with Gasteiger partial charge in [0.1, 0.15) is 11.2 Å². The maximum Gasteiger partial charge on any atom is 0.246 e. The molecule has 1 amide bonds. The lowest BCUT2D eigenvalue weighted by molar-refractivity contribution is -0.122. The Morgan fingerprint density at radius 2 is 2.24 bits per heavy atom. The monoisotopic (exact) mass is 229 g/mol. The zero-order chi connectivity index (χ0) is 12.3. The van der Waals surface area contributed by atoms with Crippen LogP contribution in [-0.2, 0) is 4.79 Å². The van der Waals surface area contributed by atoms with Crippen LogP contribution in [0.25, 0.3) is 0 Å². The Kier molecular flexibility index (Phi) is 3.10. The molecule has 1 aromatic rings. The normalized spacial score (nSPS) is 17.4. The van der Waals surface area contributed by atoms with Gasteiger partial charge in [0.25, 0.3) is 0 Å². The van der Waals surface area contributed by atoms with Crippen LogP contribution in [0.4, 0.5) is 5.82 Å². The highest BCUT2D eigenvalue weighted by atomic mass is 16.2. The molecule has 1 heterocycles. The molecule has 0 radical (unpaired) electrons. The van der Waals surface area contributed by atoms with E-state index in [0.717, 1.165) is 18.4 Å². The maximum atomic E-state index is 12.1. The average Bonchev–Trinajstić information content (AvgIpc) is 2.82. The van der Waals surface area contributed by atoms with Gasteiger partial charge in [0, 0.05) is 6.20 Å². The number of hydrogen-bond donors (Lipinski definition) is 1. The second kappa shape index (κ2) is 4.54. The predicted octanol–water partition coefficient (Wildman–Crippen LogP) is 2.41. The van der Waals surface area contributed by atoms with Crippen LogP contribution in [-0.4, -0.2) is 10.9 Å². The van der Waals surface area contributed by atoms with E-state index in [1.807, 2.05) is 19.1 Å². The number of pyridine rings is 1. The number of carbonyl (C=O) groups excluding carboxylic acids is 1. The molecule has 4 nitrogen and oxygen atoms in total. The minimum absolute atomic E-state index is 0.209. The summed E-state index contributed by atoms with van der Waals surface area (Å²) < 4.78 is 0. The minimum atomic E-state index is -0.843. The third-order valence-electron chi connectivity index (χ3n) is 3.35. The molecule has 1 aliphatic rings. The van der Waals surface area contributed by atoms with E-state index in [0.29, 0.717) is 18.7 Å². The van der Waals surface area contributed by atoms with E-state index in [1.54, 1.807) is 6.20 Å². The smallest absolute Gasteiger partial charge is 0.246 e. The predicted molar refractivity (Wildman–Crippen MR) is 64.1 cm³/mol. The number of nitriles is 1. The van der Waals surface area contributed by atoms with E-state index in [9.17, 15) is 10.1 Å². The van der Waals surface area contributed by atoms with E-state index in [2.05, 4.69) is 16.4 Å². The summed E-state index contributed by atoms with van der Waals surface area (Å²) in [4.78, 5) is 16.3. The van der Waals surface area contributed by atoms with Crippen LogP contribution >= 0.6 is 0 Å². The number of aromatic nitrogens is 1. The first-order chi connectivity index (χ1) is 8.18. The van der Waals surface area contributed by atoms with Crippen LogP contribution in [0.15, 0.2) is 18.3 Å². The van der Waals surface area contributed by atoms with Crippen molar-refractivity contribution in [1.82, 2.24) is 4.98 Å². The molecule has 0 saturated heterocycles. The molecule has 1 aliphatic carbocycles. The Morgan fingerprint density at radius 3 is 2.82 bits per heavy atom. The van der Waals surface area contributed by atoms with Crippen molar-refractivity contribution in [2.75, 3.05) is 5.32 Å². The Labute approximate surface area is 101 Å². The van der Waals surface area contributed by atoms with E-state index >= 15 is 0 Å². The lowest BCUT2D eigenvalue weighted by Gasteiger charge is -2.19. The summed E-state index contributed by atoms with van der Waals surface area (Å²) in [5.74, 6) is 0.346. The first kappa shape index (κ1) is 11.6. The van der Waals surface area contributed by atoms with Crippen molar-refractivity contribution >= 4 is 11.7 Å². The lowest BCUT2D eigenvalue weighted by atomic mass is 9.87. The van der Waals surface area contributed by atoms with Crippen molar-refractivity contribution in [3.05, 3.63) is 23.9 Å². The number of aryl methyl sites for hydroxylation is 1. The zero-order valence-electron chi connectivity index (χ0n) is 9.86. The van der Waals surface area contributed by atoms with Gasteiger partial charge in [0.15, 0.2) is 0 Å². The molecule has 4 heteroatoms. The second-order valence-electron chi connectivity index (χ2n) is 4.52. The van der Waals surface area contributed by atoms with Crippen molar-refractivity contribution in [3.63, 3.8) is 0 Å². The third-order valence-corrected chi connectivity index (χ3v) is 3.35. The molecule has 1 aromatic heterocycles. The summed E-state index contributed by atoms with van der Waals surface area (Å²) in [6, 6.07) is 5.88. The van der Waals surface area contributed by atoms with Gasteiger partial charge in [0.2, 0.25) is 5.91 Å². The van der Waals surface area contributed by atoms with Crippen LogP contribution in [0.5, 0.6) is 0 Å². The summed E-state index contributed by atoms with van der Waals surface area (Å²) in [5.41, 5.74) is 0.0659. The molecule has 2 rings (SSSR count). The number of rotatable bonds is 2. The molecule has 0 aromatic carbocycles. The highest BCUT2D eigenvalue weighted by Crippen LogP contribution is 2.38. The Hall–Kier alpha value is -1.89. The topological polar surface area (TPSA) is 65.8 Å². The van der Waals surface area contributed by atoms with Crippen LogP contribution in [0.1, 0.15) is 31.2 Å². The Morgan fingerprint density at radius 1 is 1.53 bits per heavy atom. The Bertz CT molecular complexity index is 470. The van der Waals surface area contributed by atoms with Crippen LogP contribution in [0, 0.1) is 23.7 Å². The standard InChI is InChI=1S/C13H15N3O/c1-10-5-4-8-15-11(10)16-12(17)13(9-14)6-2-3-7-13/h4-5,8H,2-3,6-7H2,1H3,(H,15,16,17). The number of amides is 1. The molecule has 0 atom stereocenters. The van der Waals surface area contributed by atoms with Gasteiger partial charge in [-0.15, -0.1) is 0 Å². The van der Waals surface area contributed by atoms with Crippen LogP contribution in [0.3, 0.4) is 0 Å². The zero-order valence-corrected chi connectivity index (χ0v) is 9.86. The summed E-state index contributed by atoms with van der Waals surface area (Å²) in [5, 5.41) is 12.0. The molecule has 17 heavy (non-hydrogen) atoms. The number of carbonyl (C=O) groups is 1. The van der Waals surface area contributed by atoms with Gasteiger partial charge in [-0.3, -0.25) is 4.79 Å². The third kappa shape index (κ3) is 2.14. The molecule has 0 bridgehead atoms. The Balaban J connectivity index is 2.17. The van der Waals surface area contributed by atoms with Crippen molar-refractivity contribution in [2.24, 2.45) is 5.41 Å². The van der Waals surface area contributed by atoms with Gasteiger partial charge in [0.05, 0.1) is 6.07 Å². The van der Waals surface area contributed by atoms with Crippen LogP contribution < -0.4 is 5.32 Å². The molecular weight excluding hydrogens is 214 g/mol. The molecule has 0 spiro atoms. The maximum absolute atomic E-state index is 12.1. The van der Waals surface area contributed by atoms with E-state index in [-0.39, 0.29) is 5.91 Å². The summed E-state index contributed by atoms with van der Waals surface area (Å²) in [7, 11) is 0. The fourth-order valence-electron chi connectivity index (χ4n) is 2.21. The minimum Gasteiger partial charge on any atom is -0.309 e. The SMILES string of the molecule is Cc1cccnc1NC(=O)C1(C#N)CCCC1. The van der Waals surface area contributed by atoms with Gasteiger partial charge in [-0.1, -0.05) is 18.9 Å². The van der Waals surface area contributed by atoms with Gasteiger partial charge < -0.3 is 5.32 Å². The molecule has 1 N–H and O–H groups in total. The van der Waals surface area contributed by atoms with E-state index in [1.165, 1.54) is 0 Å². The number of nitrogens with one attached hydrogen (secondary N) is 1. The number of anilines is 1. The van der Waals surface area contributed by atoms with Gasteiger partial charge in [-0.05, 0) is 31.4 Å².